The minimum atomic E-state index is 0.895. The van der Waals surface area contributed by atoms with Gasteiger partial charge in [-0.3, -0.25) is 3.53 Å². The van der Waals surface area contributed by atoms with Gasteiger partial charge >= 0.3 is 0 Å². The molecule has 0 aromatic rings. The van der Waals surface area contributed by atoms with E-state index in [1.807, 2.05) is 0 Å². The van der Waals surface area contributed by atoms with Gasteiger partial charge in [-0.2, -0.15) is 0 Å². The molecule has 0 aromatic carbocycles. The lowest BCUT2D eigenvalue weighted by Crippen LogP contribution is -2.13. The smallest absolute Gasteiger partial charge is 0.0169 e. The lowest BCUT2D eigenvalue weighted by atomic mass is 10.0. The third-order valence-corrected chi connectivity index (χ3v) is 2.08. The Morgan fingerprint density at radius 1 is 1.44 bits per heavy atom. The highest BCUT2D eigenvalue weighted by atomic mass is 127. The fourth-order valence-electron chi connectivity index (χ4n) is 0.968. The standard InChI is InChI=1S/C7H16IN/c1-3-5-7(4-2)6-9-8/h7,9H,3-6H2,1-2H3. The van der Waals surface area contributed by atoms with Crippen molar-refractivity contribution in [2.75, 3.05) is 6.54 Å². The van der Waals surface area contributed by atoms with Crippen molar-refractivity contribution in [2.45, 2.75) is 33.1 Å². The zero-order valence-corrected chi connectivity index (χ0v) is 8.44. The summed E-state index contributed by atoms with van der Waals surface area (Å²) < 4.78 is 3.17. The molecule has 0 aromatic heterocycles. The van der Waals surface area contributed by atoms with Crippen LogP contribution in [0.1, 0.15) is 33.1 Å². The van der Waals surface area contributed by atoms with Gasteiger partial charge in [0.1, 0.15) is 0 Å². The molecule has 0 aliphatic heterocycles. The maximum absolute atomic E-state index is 3.17. The van der Waals surface area contributed by atoms with E-state index >= 15 is 0 Å². The first kappa shape index (κ1) is 9.69. The van der Waals surface area contributed by atoms with E-state index in [0.717, 1.165) is 5.92 Å². The van der Waals surface area contributed by atoms with Gasteiger partial charge in [-0.1, -0.05) is 26.7 Å². The summed E-state index contributed by atoms with van der Waals surface area (Å²) in [7, 11) is 0. The molecule has 9 heavy (non-hydrogen) atoms. The number of rotatable bonds is 5. The summed E-state index contributed by atoms with van der Waals surface area (Å²) in [4.78, 5) is 0. The molecule has 0 bridgehead atoms. The average Bonchev–Trinajstić information content (AvgIpc) is 1.88. The van der Waals surface area contributed by atoms with E-state index in [9.17, 15) is 0 Å². The van der Waals surface area contributed by atoms with Crippen LogP contribution in [0, 0.1) is 5.92 Å². The van der Waals surface area contributed by atoms with E-state index in [-0.39, 0.29) is 0 Å². The van der Waals surface area contributed by atoms with E-state index in [1.54, 1.807) is 0 Å². The molecular weight excluding hydrogens is 225 g/mol. The molecule has 1 N–H and O–H groups in total. The van der Waals surface area contributed by atoms with Crippen molar-refractivity contribution in [3.8, 4) is 0 Å². The van der Waals surface area contributed by atoms with Crippen molar-refractivity contribution in [2.24, 2.45) is 5.92 Å². The number of hydrogen-bond donors (Lipinski definition) is 1. The van der Waals surface area contributed by atoms with Gasteiger partial charge in [0, 0.05) is 29.4 Å². The fraction of sp³-hybridized carbons (Fsp3) is 1.00. The second-order valence-corrected chi connectivity index (χ2v) is 3.16. The number of nitrogens with one attached hydrogen (secondary N) is 1. The van der Waals surface area contributed by atoms with Crippen LogP contribution < -0.4 is 3.53 Å². The van der Waals surface area contributed by atoms with Crippen LogP contribution in [-0.2, 0) is 0 Å². The largest absolute Gasteiger partial charge is 0.261 e. The molecule has 1 unspecified atom stereocenters. The normalized spacial score (nSPS) is 13.7. The minimum absolute atomic E-state index is 0.895. The molecule has 0 rings (SSSR count). The average molecular weight is 241 g/mol. The summed E-state index contributed by atoms with van der Waals surface area (Å²) >= 11 is 2.22. The molecule has 1 nitrogen and oxygen atoms in total. The summed E-state index contributed by atoms with van der Waals surface area (Å²) in [5, 5.41) is 0. The van der Waals surface area contributed by atoms with E-state index in [2.05, 4.69) is 40.2 Å². The molecule has 2 heteroatoms. The number of halogens is 1. The zero-order chi connectivity index (χ0) is 7.11. The van der Waals surface area contributed by atoms with Crippen molar-refractivity contribution < 1.29 is 0 Å². The topological polar surface area (TPSA) is 12.0 Å². The lowest BCUT2D eigenvalue weighted by molar-refractivity contribution is 0.468. The molecule has 0 fully saturated rings. The summed E-state index contributed by atoms with van der Waals surface area (Å²) in [6.45, 7) is 5.68. The van der Waals surface area contributed by atoms with Crippen LogP contribution in [0.3, 0.4) is 0 Å². The lowest BCUT2D eigenvalue weighted by Gasteiger charge is -2.10. The second-order valence-electron chi connectivity index (χ2n) is 2.40. The van der Waals surface area contributed by atoms with Gasteiger partial charge in [-0.15, -0.1) is 0 Å². The second kappa shape index (κ2) is 6.81. The molecule has 0 spiro atoms. The highest BCUT2D eigenvalue weighted by Crippen LogP contribution is 2.08. The summed E-state index contributed by atoms with van der Waals surface area (Å²) in [6.07, 6.45) is 3.99. The van der Waals surface area contributed by atoms with Crippen molar-refractivity contribution in [3.63, 3.8) is 0 Å². The first-order valence-corrected chi connectivity index (χ1v) is 4.76. The summed E-state index contributed by atoms with van der Waals surface area (Å²) in [6, 6.07) is 0. The Labute approximate surface area is 72.1 Å². The highest BCUT2D eigenvalue weighted by molar-refractivity contribution is 14.1. The van der Waals surface area contributed by atoms with Crippen LogP contribution in [0.25, 0.3) is 0 Å². The van der Waals surface area contributed by atoms with E-state index in [4.69, 9.17) is 0 Å². The minimum Gasteiger partial charge on any atom is -0.261 e. The van der Waals surface area contributed by atoms with Gasteiger partial charge in [0.15, 0.2) is 0 Å². The van der Waals surface area contributed by atoms with Gasteiger partial charge in [0.2, 0.25) is 0 Å². The maximum atomic E-state index is 3.17. The Morgan fingerprint density at radius 2 is 2.11 bits per heavy atom. The highest BCUT2D eigenvalue weighted by Gasteiger charge is 2.01. The van der Waals surface area contributed by atoms with Gasteiger partial charge in [0.25, 0.3) is 0 Å². The monoisotopic (exact) mass is 241 g/mol. The van der Waals surface area contributed by atoms with Gasteiger partial charge in [-0.25, -0.2) is 0 Å². The first-order valence-electron chi connectivity index (χ1n) is 3.68. The predicted octanol–water partition coefficient (Wildman–Crippen LogP) is 2.75. The van der Waals surface area contributed by atoms with Crippen LogP contribution in [0.2, 0.25) is 0 Å². The molecule has 1 atom stereocenters. The van der Waals surface area contributed by atoms with Crippen molar-refractivity contribution >= 4 is 22.9 Å². The SMILES string of the molecule is CCCC(CC)CNI. The first-order chi connectivity index (χ1) is 4.35. The van der Waals surface area contributed by atoms with Crippen LogP contribution in [0.5, 0.6) is 0 Å². The Balaban J connectivity index is 3.18. The Bertz CT molecular complexity index is 50.9. The third kappa shape index (κ3) is 5.15. The Morgan fingerprint density at radius 3 is 2.44 bits per heavy atom. The quantitative estimate of drug-likeness (QED) is 0.576. The van der Waals surface area contributed by atoms with Gasteiger partial charge < -0.3 is 0 Å². The number of hydrogen-bond acceptors (Lipinski definition) is 1. The maximum Gasteiger partial charge on any atom is 0.0169 e. The molecule has 0 radical (unpaired) electrons. The predicted molar refractivity (Wildman–Crippen MR) is 50.7 cm³/mol. The van der Waals surface area contributed by atoms with Gasteiger partial charge in [-0.05, 0) is 12.3 Å². The summed E-state index contributed by atoms with van der Waals surface area (Å²) in [5.41, 5.74) is 0. The molecular formula is C7H16IN. The Hall–Kier alpha value is 0.690. The van der Waals surface area contributed by atoms with Crippen LogP contribution >= 0.6 is 22.9 Å². The van der Waals surface area contributed by atoms with Crippen molar-refractivity contribution in [3.05, 3.63) is 0 Å². The molecule has 0 aliphatic rings. The molecule has 56 valence electrons. The van der Waals surface area contributed by atoms with Crippen LogP contribution in [0.15, 0.2) is 0 Å². The zero-order valence-electron chi connectivity index (χ0n) is 6.28. The summed E-state index contributed by atoms with van der Waals surface area (Å²) in [5.74, 6) is 0.895. The fourth-order valence-corrected chi connectivity index (χ4v) is 1.59. The van der Waals surface area contributed by atoms with E-state index in [1.165, 1.54) is 25.8 Å². The molecule has 0 aliphatic carbocycles. The van der Waals surface area contributed by atoms with E-state index < -0.39 is 0 Å². The molecule has 0 heterocycles. The van der Waals surface area contributed by atoms with Gasteiger partial charge in [0.05, 0.1) is 0 Å². The molecule has 0 amide bonds. The molecule has 0 saturated carbocycles. The molecule has 0 saturated heterocycles. The Kier molecular flexibility index (Phi) is 7.33. The van der Waals surface area contributed by atoms with Crippen molar-refractivity contribution in [1.82, 2.24) is 3.53 Å². The van der Waals surface area contributed by atoms with Crippen LogP contribution in [0.4, 0.5) is 0 Å². The van der Waals surface area contributed by atoms with E-state index in [0.29, 0.717) is 0 Å². The van der Waals surface area contributed by atoms with Crippen molar-refractivity contribution in [1.29, 1.82) is 0 Å². The van der Waals surface area contributed by atoms with Crippen LogP contribution in [-0.4, -0.2) is 6.54 Å². The third-order valence-electron chi connectivity index (χ3n) is 1.64.